The van der Waals surface area contributed by atoms with Gasteiger partial charge in [0, 0.05) is 13.2 Å². The Bertz CT molecular complexity index is 386. The van der Waals surface area contributed by atoms with E-state index in [-0.39, 0.29) is 16.5 Å². The van der Waals surface area contributed by atoms with Crippen molar-refractivity contribution in [3.05, 3.63) is 27.0 Å². The predicted molar refractivity (Wildman–Crippen MR) is 54.0 cm³/mol. The Labute approximate surface area is 86.7 Å². The van der Waals surface area contributed by atoms with Gasteiger partial charge in [0.15, 0.2) is 0 Å². The molecule has 0 fully saturated rings. The van der Waals surface area contributed by atoms with Crippen LogP contribution in [-0.4, -0.2) is 23.4 Å². The topological polar surface area (TPSA) is 51.5 Å². The first kappa shape index (κ1) is 11.1. The molecule has 1 aromatic heterocycles. The molecular formula is C9H12ClNO3. The van der Waals surface area contributed by atoms with Crippen molar-refractivity contribution in [3.63, 3.8) is 0 Å². The Kier molecular flexibility index (Phi) is 3.55. The molecule has 1 aromatic rings. The maximum Gasteiger partial charge on any atom is 0.253 e. The highest BCUT2D eigenvalue weighted by atomic mass is 35.5. The van der Waals surface area contributed by atoms with Crippen LogP contribution in [0.2, 0.25) is 5.02 Å². The molecule has 0 aromatic carbocycles. The van der Waals surface area contributed by atoms with E-state index in [0.717, 1.165) is 0 Å². The SMILES string of the molecule is COCCn1c(O)c(Cl)c(C)cc1=O. The number of ether oxygens (including phenoxy) is 1. The standard InChI is InChI=1S/C9H12ClNO3/c1-6-5-7(12)11(3-4-14-2)9(13)8(6)10/h5,13H,3-4H2,1-2H3. The number of aromatic hydroxyl groups is 1. The van der Waals surface area contributed by atoms with Crippen molar-refractivity contribution in [1.82, 2.24) is 4.57 Å². The molecule has 78 valence electrons. The van der Waals surface area contributed by atoms with Crippen LogP contribution < -0.4 is 5.56 Å². The molecule has 0 spiro atoms. The maximum absolute atomic E-state index is 11.4. The van der Waals surface area contributed by atoms with Crippen LogP contribution in [0, 0.1) is 6.92 Å². The summed E-state index contributed by atoms with van der Waals surface area (Å²) in [5, 5.41) is 9.77. The lowest BCUT2D eigenvalue weighted by atomic mass is 10.3. The Balaban J connectivity index is 3.16. The second-order valence-electron chi connectivity index (χ2n) is 2.95. The van der Waals surface area contributed by atoms with Crippen molar-refractivity contribution in [2.75, 3.05) is 13.7 Å². The van der Waals surface area contributed by atoms with Crippen molar-refractivity contribution in [1.29, 1.82) is 0 Å². The molecule has 0 saturated heterocycles. The van der Waals surface area contributed by atoms with Crippen molar-refractivity contribution in [2.24, 2.45) is 0 Å². The van der Waals surface area contributed by atoms with Gasteiger partial charge < -0.3 is 9.84 Å². The van der Waals surface area contributed by atoms with Gasteiger partial charge in [-0.1, -0.05) is 11.6 Å². The molecule has 14 heavy (non-hydrogen) atoms. The lowest BCUT2D eigenvalue weighted by Crippen LogP contribution is -2.22. The first-order valence-corrected chi connectivity index (χ1v) is 4.53. The van der Waals surface area contributed by atoms with E-state index in [1.54, 1.807) is 6.92 Å². The minimum atomic E-state index is -0.276. The first-order chi connectivity index (χ1) is 6.57. The minimum Gasteiger partial charge on any atom is -0.493 e. The number of rotatable bonds is 3. The maximum atomic E-state index is 11.4. The van der Waals surface area contributed by atoms with E-state index in [1.165, 1.54) is 17.7 Å². The summed E-state index contributed by atoms with van der Waals surface area (Å²) < 4.78 is 5.99. The van der Waals surface area contributed by atoms with Crippen LogP contribution in [0.1, 0.15) is 5.56 Å². The number of aryl methyl sites for hydroxylation is 1. The molecule has 0 bridgehead atoms. The molecule has 0 saturated carbocycles. The molecule has 0 aliphatic heterocycles. The zero-order valence-corrected chi connectivity index (χ0v) is 8.84. The Hall–Kier alpha value is -1.00. The molecule has 1 heterocycles. The van der Waals surface area contributed by atoms with E-state index in [4.69, 9.17) is 16.3 Å². The van der Waals surface area contributed by atoms with Gasteiger partial charge in [0.2, 0.25) is 5.88 Å². The summed E-state index contributed by atoms with van der Waals surface area (Å²) in [5.41, 5.74) is 0.296. The highest BCUT2D eigenvalue weighted by molar-refractivity contribution is 6.32. The third-order valence-corrected chi connectivity index (χ3v) is 2.39. The molecule has 0 unspecified atom stereocenters. The lowest BCUT2D eigenvalue weighted by Gasteiger charge is -2.10. The van der Waals surface area contributed by atoms with Gasteiger partial charge in [-0.25, -0.2) is 0 Å². The molecule has 1 rings (SSSR count). The molecule has 0 atom stereocenters. The molecule has 0 radical (unpaired) electrons. The van der Waals surface area contributed by atoms with Crippen LogP contribution in [0.25, 0.3) is 0 Å². The summed E-state index contributed by atoms with van der Waals surface area (Å²) in [5.74, 6) is -0.200. The van der Waals surface area contributed by atoms with Crippen molar-refractivity contribution < 1.29 is 9.84 Å². The molecule has 1 N–H and O–H groups in total. The first-order valence-electron chi connectivity index (χ1n) is 4.15. The molecule has 0 amide bonds. The fourth-order valence-electron chi connectivity index (χ4n) is 1.12. The zero-order chi connectivity index (χ0) is 10.7. The van der Waals surface area contributed by atoms with Gasteiger partial charge in [-0.15, -0.1) is 0 Å². The third-order valence-electron chi connectivity index (χ3n) is 1.92. The van der Waals surface area contributed by atoms with E-state index in [1.807, 2.05) is 0 Å². The minimum absolute atomic E-state index is 0.200. The van der Waals surface area contributed by atoms with Crippen molar-refractivity contribution >= 4 is 11.6 Å². The smallest absolute Gasteiger partial charge is 0.253 e. The monoisotopic (exact) mass is 217 g/mol. The number of hydrogen-bond donors (Lipinski definition) is 1. The normalized spacial score (nSPS) is 10.5. The highest BCUT2D eigenvalue weighted by Crippen LogP contribution is 2.23. The third kappa shape index (κ3) is 2.08. The van der Waals surface area contributed by atoms with E-state index in [0.29, 0.717) is 18.7 Å². The number of pyridine rings is 1. The summed E-state index contributed by atoms with van der Waals surface area (Å²) in [6.07, 6.45) is 0. The largest absolute Gasteiger partial charge is 0.493 e. The summed E-state index contributed by atoms with van der Waals surface area (Å²) >= 11 is 5.78. The summed E-state index contributed by atoms with van der Waals surface area (Å²) in [6, 6.07) is 1.39. The second kappa shape index (κ2) is 4.48. The van der Waals surface area contributed by atoms with Crippen molar-refractivity contribution in [2.45, 2.75) is 13.5 Å². The van der Waals surface area contributed by atoms with Crippen LogP contribution in [0.15, 0.2) is 10.9 Å². The second-order valence-corrected chi connectivity index (χ2v) is 3.33. The Morgan fingerprint density at radius 1 is 1.64 bits per heavy atom. The van der Waals surface area contributed by atoms with E-state index < -0.39 is 0 Å². The number of nitrogens with zero attached hydrogens (tertiary/aromatic N) is 1. The summed E-state index contributed by atoms with van der Waals surface area (Å²) in [4.78, 5) is 11.4. The van der Waals surface area contributed by atoms with Gasteiger partial charge in [0.25, 0.3) is 5.56 Å². The van der Waals surface area contributed by atoms with Crippen LogP contribution in [0.4, 0.5) is 0 Å². The molecule has 5 heteroatoms. The fraction of sp³-hybridized carbons (Fsp3) is 0.444. The van der Waals surface area contributed by atoms with Crippen LogP contribution in [0.5, 0.6) is 5.88 Å². The van der Waals surface area contributed by atoms with E-state index in [2.05, 4.69) is 0 Å². The number of halogens is 1. The summed E-state index contributed by atoms with van der Waals surface area (Å²) in [7, 11) is 1.53. The lowest BCUT2D eigenvalue weighted by molar-refractivity contribution is 0.182. The van der Waals surface area contributed by atoms with Gasteiger partial charge in [0.1, 0.15) is 5.02 Å². The molecule has 0 aliphatic carbocycles. The number of aromatic nitrogens is 1. The van der Waals surface area contributed by atoms with Crippen LogP contribution >= 0.6 is 11.6 Å². The fourth-order valence-corrected chi connectivity index (χ4v) is 1.28. The average Bonchev–Trinajstić information content (AvgIpc) is 2.14. The molecule has 4 nitrogen and oxygen atoms in total. The number of hydrogen-bond acceptors (Lipinski definition) is 3. The Morgan fingerprint density at radius 3 is 2.86 bits per heavy atom. The van der Waals surface area contributed by atoms with Crippen LogP contribution in [0.3, 0.4) is 0 Å². The average molecular weight is 218 g/mol. The van der Waals surface area contributed by atoms with E-state index >= 15 is 0 Å². The quantitative estimate of drug-likeness (QED) is 0.827. The molecule has 0 aliphatic rings. The Morgan fingerprint density at radius 2 is 2.29 bits per heavy atom. The highest BCUT2D eigenvalue weighted by Gasteiger charge is 2.09. The van der Waals surface area contributed by atoms with Crippen LogP contribution in [-0.2, 0) is 11.3 Å². The van der Waals surface area contributed by atoms with E-state index in [9.17, 15) is 9.90 Å². The molecular weight excluding hydrogens is 206 g/mol. The van der Waals surface area contributed by atoms with Gasteiger partial charge in [-0.3, -0.25) is 9.36 Å². The van der Waals surface area contributed by atoms with Gasteiger partial charge in [0.05, 0.1) is 13.2 Å². The van der Waals surface area contributed by atoms with Gasteiger partial charge in [-0.05, 0) is 12.5 Å². The summed E-state index contributed by atoms with van der Waals surface area (Å²) in [6.45, 7) is 2.32. The van der Waals surface area contributed by atoms with Gasteiger partial charge in [-0.2, -0.15) is 0 Å². The van der Waals surface area contributed by atoms with Gasteiger partial charge >= 0.3 is 0 Å². The van der Waals surface area contributed by atoms with Crippen molar-refractivity contribution in [3.8, 4) is 5.88 Å². The predicted octanol–water partition coefficient (Wildman–Crippen LogP) is 1.16. The zero-order valence-electron chi connectivity index (χ0n) is 8.08. The number of methoxy groups -OCH3 is 1.